The summed E-state index contributed by atoms with van der Waals surface area (Å²) in [5.41, 5.74) is 0. The van der Waals surface area contributed by atoms with Gasteiger partial charge in [0.2, 0.25) is 0 Å². The van der Waals surface area contributed by atoms with Gasteiger partial charge in [0.1, 0.15) is 11.7 Å². The average molecular weight is 170 g/mol. The number of ether oxygens (including phenoxy) is 1. The third-order valence-electron chi connectivity index (χ3n) is 2.63. The van der Waals surface area contributed by atoms with Crippen molar-refractivity contribution in [3.63, 3.8) is 0 Å². The van der Waals surface area contributed by atoms with Gasteiger partial charge < -0.3 is 9.84 Å². The van der Waals surface area contributed by atoms with E-state index in [-0.39, 0.29) is 18.3 Å². The van der Waals surface area contributed by atoms with Crippen molar-refractivity contribution >= 4 is 11.8 Å². The van der Waals surface area contributed by atoms with Crippen LogP contribution in [0.3, 0.4) is 0 Å². The first-order chi connectivity index (χ1) is 5.70. The van der Waals surface area contributed by atoms with Gasteiger partial charge in [0.05, 0.1) is 12.7 Å². The number of rotatable bonds is 0. The first kappa shape index (κ1) is 7.73. The third kappa shape index (κ3) is 0.948. The number of ketones is 1. The molecule has 1 heterocycles. The van der Waals surface area contributed by atoms with Crippen LogP contribution in [0.1, 0.15) is 12.8 Å². The van der Waals surface area contributed by atoms with E-state index in [1.165, 1.54) is 0 Å². The van der Waals surface area contributed by atoms with Gasteiger partial charge in [-0.2, -0.15) is 0 Å². The molecule has 2 fully saturated rings. The Kier molecular flexibility index (Phi) is 1.65. The van der Waals surface area contributed by atoms with Gasteiger partial charge in [-0.25, -0.2) is 0 Å². The number of hydrogen-bond donors (Lipinski definition) is 1. The molecular formula is C8H10O4. The Morgan fingerprint density at radius 1 is 1.42 bits per heavy atom. The smallest absolute Gasteiger partial charge is 0.317 e. The van der Waals surface area contributed by atoms with Crippen molar-refractivity contribution in [2.24, 2.45) is 11.8 Å². The molecule has 0 spiro atoms. The SMILES string of the molecule is O=C1CC[C@@H](O)[C@H]2COC(=O)[C@@H]12. The molecule has 0 bridgehead atoms. The molecule has 3 atom stereocenters. The zero-order valence-electron chi connectivity index (χ0n) is 6.53. The molecule has 1 saturated heterocycles. The number of carbonyl (C=O) groups is 2. The summed E-state index contributed by atoms with van der Waals surface area (Å²) in [5, 5.41) is 9.43. The fourth-order valence-corrected chi connectivity index (χ4v) is 1.90. The van der Waals surface area contributed by atoms with Gasteiger partial charge in [-0.05, 0) is 6.42 Å². The Bertz CT molecular complexity index is 235. The number of carbonyl (C=O) groups excluding carboxylic acids is 2. The predicted molar refractivity (Wildman–Crippen MR) is 38.2 cm³/mol. The molecule has 2 aliphatic rings. The number of esters is 1. The minimum absolute atomic E-state index is 0.0761. The van der Waals surface area contributed by atoms with Crippen LogP contribution >= 0.6 is 0 Å². The Morgan fingerprint density at radius 2 is 2.17 bits per heavy atom. The van der Waals surface area contributed by atoms with E-state index in [0.29, 0.717) is 12.8 Å². The van der Waals surface area contributed by atoms with Crippen molar-refractivity contribution in [2.75, 3.05) is 6.61 Å². The van der Waals surface area contributed by atoms with Crippen LogP contribution in [0.5, 0.6) is 0 Å². The monoisotopic (exact) mass is 170 g/mol. The average Bonchev–Trinajstić information content (AvgIpc) is 2.42. The maximum Gasteiger partial charge on any atom is 0.317 e. The van der Waals surface area contributed by atoms with Gasteiger partial charge in [0.15, 0.2) is 0 Å². The third-order valence-corrected chi connectivity index (χ3v) is 2.63. The highest BCUT2D eigenvalue weighted by Crippen LogP contribution is 2.33. The van der Waals surface area contributed by atoms with Crippen LogP contribution in [0, 0.1) is 11.8 Å². The van der Waals surface area contributed by atoms with Gasteiger partial charge >= 0.3 is 5.97 Å². The lowest BCUT2D eigenvalue weighted by Gasteiger charge is -2.25. The van der Waals surface area contributed by atoms with Crippen molar-refractivity contribution in [3.8, 4) is 0 Å². The van der Waals surface area contributed by atoms with Crippen molar-refractivity contribution in [1.29, 1.82) is 0 Å². The lowest BCUT2D eigenvalue weighted by molar-refractivity contribution is -0.146. The minimum Gasteiger partial charge on any atom is -0.465 e. The first-order valence-electron chi connectivity index (χ1n) is 4.07. The van der Waals surface area contributed by atoms with Gasteiger partial charge in [0.25, 0.3) is 0 Å². The number of aliphatic hydroxyl groups is 1. The van der Waals surface area contributed by atoms with E-state index >= 15 is 0 Å². The topological polar surface area (TPSA) is 63.6 Å². The molecule has 1 saturated carbocycles. The summed E-state index contributed by atoms with van der Waals surface area (Å²) in [4.78, 5) is 22.2. The second kappa shape index (κ2) is 2.55. The molecule has 4 nitrogen and oxygen atoms in total. The Hall–Kier alpha value is -0.900. The molecule has 1 aliphatic heterocycles. The van der Waals surface area contributed by atoms with Crippen LogP contribution < -0.4 is 0 Å². The number of hydrogen-bond acceptors (Lipinski definition) is 4. The van der Waals surface area contributed by atoms with E-state index in [9.17, 15) is 14.7 Å². The zero-order valence-corrected chi connectivity index (χ0v) is 6.53. The highest BCUT2D eigenvalue weighted by molar-refractivity contribution is 6.01. The number of cyclic esters (lactones) is 1. The highest BCUT2D eigenvalue weighted by Gasteiger charge is 2.48. The second-order valence-corrected chi connectivity index (χ2v) is 3.34. The Balaban J connectivity index is 2.24. The molecule has 1 aliphatic carbocycles. The first-order valence-corrected chi connectivity index (χ1v) is 4.07. The standard InChI is InChI=1S/C8H10O4/c9-5-1-2-6(10)7-4(5)3-12-8(7)11/h4-5,7,9H,1-3H2/t4-,5-,7-/m1/s1. The van der Waals surface area contributed by atoms with Crippen molar-refractivity contribution in [1.82, 2.24) is 0 Å². The largest absolute Gasteiger partial charge is 0.465 e. The summed E-state index contributed by atoms with van der Waals surface area (Å²) >= 11 is 0. The van der Waals surface area contributed by atoms with Crippen molar-refractivity contribution in [2.45, 2.75) is 18.9 Å². The summed E-state index contributed by atoms with van der Waals surface area (Å²) in [6.45, 7) is 0.205. The Morgan fingerprint density at radius 3 is 2.83 bits per heavy atom. The highest BCUT2D eigenvalue weighted by atomic mass is 16.5. The van der Waals surface area contributed by atoms with Crippen molar-refractivity contribution in [3.05, 3.63) is 0 Å². The molecule has 66 valence electrons. The molecule has 1 N–H and O–H groups in total. The molecule has 0 aromatic rings. The minimum atomic E-state index is -0.672. The van der Waals surface area contributed by atoms with Crippen LogP contribution in [0.25, 0.3) is 0 Å². The van der Waals surface area contributed by atoms with Gasteiger partial charge in [-0.1, -0.05) is 0 Å². The lowest BCUT2D eigenvalue weighted by atomic mass is 9.78. The van der Waals surface area contributed by atoms with E-state index in [2.05, 4.69) is 0 Å². The summed E-state index contributed by atoms with van der Waals surface area (Å²) < 4.78 is 4.72. The Labute approximate surface area is 69.5 Å². The summed E-state index contributed by atoms with van der Waals surface area (Å²) in [5.74, 6) is -1.48. The molecule has 0 unspecified atom stereocenters. The van der Waals surface area contributed by atoms with Gasteiger partial charge in [-0.3, -0.25) is 9.59 Å². The van der Waals surface area contributed by atoms with Gasteiger partial charge in [0, 0.05) is 12.3 Å². The van der Waals surface area contributed by atoms with Crippen LogP contribution in [0.4, 0.5) is 0 Å². The molecule has 12 heavy (non-hydrogen) atoms. The molecule has 0 aromatic carbocycles. The van der Waals surface area contributed by atoms with E-state index in [4.69, 9.17) is 4.74 Å². The van der Waals surface area contributed by atoms with Crippen LogP contribution in [0.15, 0.2) is 0 Å². The molecule has 4 heteroatoms. The zero-order chi connectivity index (χ0) is 8.72. The maximum atomic E-state index is 11.2. The number of Topliss-reactive ketones (excluding diaryl/α,β-unsaturated/α-hetero) is 1. The van der Waals surface area contributed by atoms with E-state index < -0.39 is 18.0 Å². The number of fused-ring (bicyclic) bond motifs is 1. The summed E-state index contributed by atoms with van der Waals surface area (Å²) in [6, 6.07) is 0. The molecule has 0 amide bonds. The lowest BCUT2D eigenvalue weighted by Crippen LogP contribution is -2.38. The predicted octanol–water partition coefficient (Wildman–Crippen LogP) is -0.501. The van der Waals surface area contributed by atoms with E-state index in [1.54, 1.807) is 0 Å². The number of aliphatic hydroxyl groups excluding tert-OH is 1. The fourth-order valence-electron chi connectivity index (χ4n) is 1.90. The van der Waals surface area contributed by atoms with Crippen LogP contribution in [-0.2, 0) is 14.3 Å². The second-order valence-electron chi connectivity index (χ2n) is 3.34. The normalized spacial score (nSPS) is 40.9. The van der Waals surface area contributed by atoms with Gasteiger partial charge in [-0.15, -0.1) is 0 Å². The van der Waals surface area contributed by atoms with Crippen molar-refractivity contribution < 1.29 is 19.4 Å². The molecule has 2 rings (SSSR count). The van der Waals surface area contributed by atoms with E-state index in [1.807, 2.05) is 0 Å². The molecule has 0 radical (unpaired) electrons. The molecule has 0 aromatic heterocycles. The maximum absolute atomic E-state index is 11.2. The van der Waals surface area contributed by atoms with Crippen LogP contribution in [0.2, 0.25) is 0 Å². The summed E-state index contributed by atoms with van der Waals surface area (Å²) in [6.07, 6.45) is 0.229. The fraction of sp³-hybridized carbons (Fsp3) is 0.750. The quantitative estimate of drug-likeness (QED) is 0.393. The molecular weight excluding hydrogens is 160 g/mol. The van der Waals surface area contributed by atoms with Crippen LogP contribution in [-0.4, -0.2) is 29.6 Å². The van der Waals surface area contributed by atoms with E-state index in [0.717, 1.165) is 0 Å². The summed E-state index contributed by atoms with van der Waals surface area (Å²) in [7, 11) is 0.